The maximum absolute atomic E-state index is 12.1. The highest BCUT2D eigenvalue weighted by Crippen LogP contribution is 2.45. The number of carbonyl (C=O) groups excluding carboxylic acids is 2. The highest BCUT2D eigenvalue weighted by Gasteiger charge is 2.50. The molecule has 0 aromatic heterocycles. The van der Waals surface area contributed by atoms with Crippen LogP contribution in [0.25, 0.3) is 0 Å². The minimum Gasteiger partial charge on any atom is -0.369 e. The number of β-lactam (4-membered cyclic amide) rings is 2. The van der Waals surface area contributed by atoms with Gasteiger partial charge in [-0.15, -0.1) is 0 Å². The molecule has 198 valence electrons. The largest absolute Gasteiger partial charge is 0.369 e. The maximum atomic E-state index is 12.1. The van der Waals surface area contributed by atoms with Crippen molar-refractivity contribution in [2.75, 3.05) is 20.5 Å². The Balaban J connectivity index is 0.000000250. The first-order chi connectivity index (χ1) is 16.8. The maximum Gasteiger partial charge on any atom is 0.264 e. The predicted octanol–water partition coefficient (Wildman–Crippen LogP) is 6.84. The highest BCUT2D eigenvalue weighted by atomic mass is 35.5. The Labute approximate surface area is 233 Å². The van der Waals surface area contributed by atoms with Crippen LogP contribution in [0.5, 0.6) is 0 Å². The first-order valence-electron chi connectivity index (χ1n) is 11.2. The van der Waals surface area contributed by atoms with E-state index >= 15 is 0 Å². The molecule has 4 rings (SSSR count). The van der Waals surface area contributed by atoms with Gasteiger partial charge in [0.2, 0.25) is 0 Å². The smallest absolute Gasteiger partial charge is 0.264 e. The second-order valence-corrected chi connectivity index (χ2v) is 11.1. The van der Waals surface area contributed by atoms with Crippen molar-refractivity contribution in [3.63, 3.8) is 0 Å². The van der Waals surface area contributed by atoms with Crippen molar-refractivity contribution in [1.82, 2.24) is 8.61 Å². The predicted molar refractivity (Wildman–Crippen MR) is 151 cm³/mol. The zero-order chi connectivity index (χ0) is 25.7. The van der Waals surface area contributed by atoms with Crippen LogP contribution in [0.4, 0.5) is 0 Å². The molecule has 2 aliphatic rings. The fourth-order valence-electron chi connectivity index (χ4n) is 3.93. The Morgan fingerprint density at radius 3 is 1.67 bits per heavy atom. The zero-order valence-corrected chi connectivity index (χ0v) is 23.5. The van der Waals surface area contributed by atoms with E-state index in [4.69, 9.17) is 32.7 Å². The van der Waals surface area contributed by atoms with Crippen LogP contribution in [0.15, 0.2) is 48.5 Å². The fourth-order valence-corrected chi connectivity index (χ4v) is 6.26. The second-order valence-electron chi connectivity index (χ2n) is 8.08. The van der Waals surface area contributed by atoms with Crippen LogP contribution in [-0.4, -0.2) is 58.4 Å². The van der Waals surface area contributed by atoms with Crippen LogP contribution in [0.2, 0.25) is 10.0 Å². The van der Waals surface area contributed by atoms with Gasteiger partial charge in [0.1, 0.15) is 12.1 Å². The summed E-state index contributed by atoms with van der Waals surface area (Å²) in [5, 5.41) is 1.74. The zero-order valence-electron chi connectivity index (χ0n) is 20.3. The van der Waals surface area contributed by atoms with Crippen LogP contribution in [-0.2, 0) is 19.1 Å². The van der Waals surface area contributed by atoms with E-state index in [1.54, 1.807) is 34.8 Å². The van der Waals surface area contributed by atoms with Gasteiger partial charge in [-0.2, -0.15) is 0 Å². The van der Waals surface area contributed by atoms with E-state index in [1.165, 1.54) is 11.9 Å². The lowest BCUT2D eigenvalue weighted by Gasteiger charge is -2.46. The average Bonchev–Trinajstić information content (AvgIpc) is 2.86. The molecule has 2 aliphatic heterocycles. The normalized spacial score (nSPS) is 23.6. The highest BCUT2D eigenvalue weighted by molar-refractivity contribution is 7.98. The van der Waals surface area contributed by atoms with Crippen molar-refractivity contribution in [2.24, 2.45) is 0 Å². The molecule has 2 aromatic carbocycles. The summed E-state index contributed by atoms with van der Waals surface area (Å²) in [5.74, 6) is 0.0256. The number of nitrogens with zero attached hydrogens (tertiary/aromatic N) is 2. The Bertz CT molecular complexity index is 1030. The summed E-state index contributed by atoms with van der Waals surface area (Å²) < 4.78 is 14.0. The molecular weight excluding hydrogens is 539 g/mol. The number of hydrogen-bond donors (Lipinski definition) is 0. The standard InChI is InChI=1S/C14H18ClNO2S.C11H12ClNO2S.CH4/c1-4-9(2)19-16-12(13(18-3)14(16)17)10-7-5-6-8-11(10)15;1-15-10-9(13(16-2)11(10)14)7-5-3-4-6-8(7)12;/h5-9,12-13H,4H2,1-3H3;3-6,9-10H,1-2H3;1H4/t9?,12-,13+;9-,10+;/m00./s1. The van der Waals surface area contributed by atoms with E-state index < -0.39 is 12.2 Å². The number of hydrogen-bond acceptors (Lipinski definition) is 6. The summed E-state index contributed by atoms with van der Waals surface area (Å²) in [6.07, 6.45) is 2.05. The molecule has 1 unspecified atom stereocenters. The fraction of sp³-hybridized carbons (Fsp3) is 0.462. The molecule has 2 aromatic rings. The molecule has 6 nitrogen and oxygen atoms in total. The van der Waals surface area contributed by atoms with Crippen LogP contribution in [0, 0.1) is 0 Å². The molecule has 5 atom stereocenters. The van der Waals surface area contributed by atoms with Gasteiger partial charge in [0, 0.05) is 35.8 Å². The molecule has 0 saturated carbocycles. The van der Waals surface area contributed by atoms with Crippen LogP contribution in [0.3, 0.4) is 0 Å². The van der Waals surface area contributed by atoms with E-state index in [0.717, 1.165) is 17.5 Å². The van der Waals surface area contributed by atoms with Crippen molar-refractivity contribution >= 4 is 58.9 Å². The first-order valence-corrected chi connectivity index (χ1v) is 14.0. The van der Waals surface area contributed by atoms with Crippen molar-refractivity contribution in [3.05, 3.63) is 69.7 Å². The van der Waals surface area contributed by atoms with E-state index in [0.29, 0.717) is 15.3 Å². The number of rotatable bonds is 8. The molecule has 0 spiro atoms. The van der Waals surface area contributed by atoms with Crippen LogP contribution in [0.1, 0.15) is 50.9 Å². The minimum absolute atomic E-state index is 0. The van der Waals surface area contributed by atoms with Crippen molar-refractivity contribution in [3.8, 4) is 0 Å². The molecule has 0 aliphatic carbocycles. The summed E-state index contributed by atoms with van der Waals surface area (Å²) in [4.78, 5) is 23.7. The first kappa shape index (κ1) is 30.8. The van der Waals surface area contributed by atoms with Crippen molar-refractivity contribution in [2.45, 2.75) is 57.2 Å². The van der Waals surface area contributed by atoms with Gasteiger partial charge in [0.05, 0.1) is 0 Å². The molecule has 2 saturated heterocycles. The summed E-state index contributed by atoms with van der Waals surface area (Å²) in [6.45, 7) is 4.22. The third-order valence-electron chi connectivity index (χ3n) is 6.02. The number of benzene rings is 2. The van der Waals surface area contributed by atoms with E-state index in [1.807, 2.05) is 54.8 Å². The summed E-state index contributed by atoms with van der Waals surface area (Å²) in [6, 6.07) is 15.0. The molecule has 0 bridgehead atoms. The summed E-state index contributed by atoms with van der Waals surface area (Å²) >= 11 is 15.3. The van der Waals surface area contributed by atoms with Crippen LogP contribution >= 0.6 is 47.1 Å². The van der Waals surface area contributed by atoms with Gasteiger partial charge in [-0.05, 0) is 41.6 Å². The molecule has 2 fully saturated rings. The van der Waals surface area contributed by atoms with Gasteiger partial charge in [-0.25, -0.2) is 0 Å². The van der Waals surface area contributed by atoms with E-state index in [9.17, 15) is 9.59 Å². The molecule has 2 heterocycles. The summed E-state index contributed by atoms with van der Waals surface area (Å²) in [7, 11) is 3.11. The Hall–Kier alpha value is -1.42. The molecule has 0 radical (unpaired) electrons. The monoisotopic (exact) mass is 572 g/mol. The Kier molecular flexibility index (Phi) is 11.9. The van der Waals surface area contributed by atoms with Crippen LogP contribution < -0.4 is 0 Å². The number of ether oxygens (including phenoxy) is 2. The van der Waals surface area contributed by atoms with Crippen molar-refractivity contribution in [1.29, 1.82) is 0 Å². The third kappa shape index (κ3) is 6.17. The summed E-state index contributed by atoms with van der Waals surface area (Å²) in [5.41, 5.74) is 1.89. The number of methoxy groups -OCH3 is 2. The quantitative estimate of drug-likeness (QED) is 0.255. The number of amides is 2. The molecule has 36 heavy (non-hydrogen) atoms. The van der Waals surface area contributed by atoms with Gasteiger partial charge >= 0.3 is 0 Å². The Morgan fingerprint density at radius 2 is 1.28 bits per heavy atom. The molecular formula is C26H34Cl2N2O4S2. The SMILES string of the molecule is C.CCC(C)SN1C(=O)[C@H](OC)[C@@H]1c1ccccc1Cl.CO[C@H]1C(=O)N(SC)[C@H]1c1ccccc1Cl. The average molecular weight is 574 g/mol. The van der Waals surface area contributed by atoms with Gasteiger partial charge in [0.15, 0.2) is 12.2 Å². The molecule has 10 heteroatoms. The lowest BCUT2D eigenvalue weighted by atomic mass is 9.94. The Morgan fingerprint density at radius 1 is 0.861 bits per heavy atom. The third-order valence-corrected chi connectivity index (χ3v) is 8.84. The number of carbonyl (C=O) groups is 2. The minimum atomic E-state index is -0.420. The van der Waals surface area contributed by atoms with Gasteiger partial charge in [0.25, 0.3) is 11.8 Å². The van der Waals surface area contributed by atoms with Gasteiger partial charge < -0.3 is 9.47 Å². The molecule has 2 amide bonds. The lowest BCUT2D eigenvalue weighted by molar-refractivity contribution is -0.158. The molecule has 0 N–H and O–H groups in total. The van der Waals surface area contributed by atoms with Gasteiger partial charge in [-0.1, -0.05) is 92.8 Å². The van der Waals surface area contributed by atoms with Crippen molar-refractivity contribution < 1.29 is 19.1 Å². The van der Waals surface area contributed by atoms with E-state index in [2.05, 4.69) is 13.8 Å². The van der Waals surface area contributed by atoms with E-state index in [-0.39, 0.29) is 31.3 Å². The van der Waals surface area contributed by atoms with Gasteiger partial charge in [-0.3, -0.25) is 18.2 Å². The topological polar surface area (TPSA) is 59.1 Å². The number of halogens is 2. The lowest BCUT2D eigenvalue weighted by Crippen LogP contribution is -2.56. The second kappa shape index (κ2) is 13.9.